The van der Waals surface area contributed by atoms with E-state index in [0.29, 0.717) is 86.2 Å². The van der Waals surface area contributed by atoms with Crippen molar-refractivity contribution in [3.63, 3.8) is 0 Å². The maximum Gasteiger partial charge on any atom is 0.412 e. The van der Waals surface area contributed by atoms with Gasteiger partial charge in [0.15, 0.2) is 17.3 Å². The lowest BCUT2D eigenvalue weighted by Gasteiger charge is -2.45. The van der Waals surface area contributed by atoms with Gasteiger partial charge in [0.25, 0.3) is 17.7 Å². The van der Waals surface area contributed by atoms with E-state index in [-0.39, 0.29) is 83.2 Å². The number of esters is 1. The lowest BCUT2D eigenvalue weighted by molar-refractivity contribution is -0.191. The second-order valence-corrected chi connectivity index (χ2v) is 40.0. The number of aryl methyl sites for hydroxylation is 1. The largest absolute Gasteiger partial charge is 0.494 e. The van der Waals surface area contributed by atoms with Crippen molar-refractivity contribution in [2.45, 2.75) is 201 Å². The van der Waals surface area contributed by atoms with Crippen molar-refractivity contribution < 1.29 is 85.3 Å². The van der Waals surface area contributed by atoms with Crippen molar-refractivity contribution in [2.75, 3.05) is 30.4 Å². The number of carbonyl (C=O) groups excluding carboxylic acids is 8. The van der Waals surface area contributed by atoms with Gasteiger partial charge in [-0.3, -0.25) is 34.2 Å². The number of likely N-dealkylation sites (N-methyl/N-ethyl adjacent to an activating group) is 1. The number of hydrogen-bond donors (Lipinski definition) is 4. The minimum atomic E-state index is -1.18. The van der Waals surface area contributed by atoms with Crippen LogP contribution in [0.1, 0.15) is 219 Å². The van der Waals surface area contributed by atoms with E-state index < -0.39 is 53.3 Å². The zero-order valence-corrected chi connectivity index (χ0v) is 87.6. The molecule has 2 aromatic heterocycles. The van der Waals surface area contributed by atoms with E-state index in [9.17, 15) is 38.7 Å². The van der Waals surface area contributed by atoms with Gasteiger partial charge in [-0.2, -0.15) is 19.8 Å². The van der Waals surface area contributed by atoms with Crippen LogP contribution in [0, 0.1) is 30.0 Å². The average molecular weight is 2060 g/mol. The van der Waals surface area contributed by atoms with Gasteiger partial charge in [0.1, 0.15) is 46.8 Å². The molecular formula is C122H123Cl2FN8O17. The fourth-order valence-corrected chi connectivity index (χ4v) is 17.9. The van der Waals surface area contributed by atoms with Gasteiger partial charge in [-0.25, -0.2) is 14.0 Å². The molecule has 2 unspecified atom stereocenters. The lowest BCUT2D eigenvalue weighted by Crippen LogP contribution is -2.53. The van der Waals surface area contributed by atoms with Crippen LogP contribution in [0.3, 0.4) is 0 Å². The molecule has 0 fully saturated rings. The summed E-state index contributed by atoms with van der Waals surface area (Å²) in [5.41, 5.74) is 16.1. The van der Waals surface area contributed by atoms with Crippen molar-refractivity contribution >= 4 is 82.1 Å². The van der Waals surface area contributed by atoms with Gasteiger partial charge in [-0.1, -0.05) is 234 Å². The van der Waals surface area contributed by atoms with E-state index in [2.05, 4.69) is 145 Å². The smallest absolute Gasteiger partial charge is 0.412 e. The quantitative estimate of drug-likeness (QED) is 0.0122. The van der Waals surface area contributed by atoms with Crippen LogP contribution in [-0.4, -0.2) is 112 Å². The molecule has 0 bridgehead atoms. The molecule has 0 radical (unpaired) electrons. The zero-order valence-electron chi connectivity index (χ0n) is 86.1. The maximum absolute atomic E-state index is 15.2. The van der Waals surface area contributed by atoms with E-state index >= 15 is 4.39 Å². The minimum absolute atomic E-state index is 0.00201. The number of ether oxygens (including phenoxy) is 5. The summed E-state index contributed by atoms with van der Waals surface area (Å²) < 4.78 is 55.4. The molecule has 0 saturated heterocycles. The Balaban J connectivity index is 0.000000189. The topological polar surface area (TPSA) is 338 Å². The predicted octanol–water partition coefficient (Wildman–Crippen LogP) is 26.2. The number of nitrogens with zero attached hydrogens (tertiary/aromatic N) is 5. The molecule has 12 aromatic carbocycles. The van der Waals surface area contributed by atoms with E-state index in [1.165, 1.54) is 66.6 Å². The van der Waals surface area contributed by atoms with Crippen molar-refractivity contribution in [3.05, 3.63) is 379 Å². The molecule has 6 atom stereocenters. The third kappa shape index (κ3) is 31.2. The van der Waals surface area contributed by atoms with Crippen molar-refractivity contribution in [3.8, 4) is 74.4 Å². The number of aromatic nitrogens is 2. The van der Waals surface area contributed by atoms with Crippen LogP contribution in [0.15, 0.2) is 294 Å². The number of amides is 3. The molecule has 0 spiro atoms. The van der Waals surface area contributed by atoms with Crippen LogP contribution in [0.4, 0.5) is 20.6 Å². The summed E-state index contributed by atoms with van der Waals surface area (Å²) in [5, 5.41) is 33.2. The van der Waals surface area contributed by atoms with Gasteiger partial charge in [0.05, 0.1) is 57.1 Å². The Morgan fingerprint density at radius 3 is 1.90 bits per heavy atom. The molecule has 4 heterocycles. The lowest BCUT2D eigenvalue weighted by atomic mass is 9.86. The number of furan rings is 1. The van der Waals surface area contributed by atoms with Crippen LogP contribution in [0.25, 0.3) is 45.3 Å². The highest BCUT2D eigenvalue weighted by molar-refractivity contribution is 6.42. The van der Waals surface area contributed by atoms with Crippen molar-refractivity contribution in [1.82, 2.24) is 25.7 Å². The Kier molecular flexibility index (Phi) is 39.2. The maximum atomic E-state index is 15.2. The summed E-state index contributed by atoms with van der Waals surface area (Å²) in [5.74, 6) is -1.21. The third-order valence-electron chi connectivity index (χ3n) is 25.9. The van der Waals surface area contributed by atoms with Gasteiger partial charge in [-0.15, -0.1) is 0 Å². The highest BCUT2D eigenvalue weighted by atomic mass is 35.5. The van der Waals surface area contributed by atoms with Crippen LogP contribution in [0.2, 0.25) is 10.0 Å². The van der Waals surface area contributed by atoms with E-state index in [4.69, 9.17) is 70.7 Å². The molecule has 150 heavy (non-hydrogen) atoms. The standard InChI is InChI=1S/C51H48Cl2N4O3.C35H32FN3O7.C35H43NO5.CO2/c1-4-46(39-8-6-5-7-9-39)57-31-42-29-49-48(56(3)51(58)50(60-49)40-19-21-43(22-20-40)59-32-36-14-23-44(52)45(53)26-36)28-41(42)27-47(57)33(2)55-25-24-34-10-15-37(16-11-34)38-17-12-35(30-54)13-18-38;1-20-5-8-22(9-6-20)29-15-16-30(44-29)28(40)19-24(33(41)42)17-21-7-14-26(27(36)18-21)31-38-32(46-39-31)23-10-12-25(13-11-23)37-34(43)45-35(2,3)4;1-6-7-8-9-10-23-40-30-21-15-28(16-22-30)34(39)41-31-19-11-26(12-20-31)24-32(25(2)37)36-33(38)27-13-17-29(18-14-27)35(3,4)5;2-1-3/h5-23,26,28-29,33,46-47,50,55H,4,24-25,27,31-32H2,1-3H3;5-16,18,24H,17,19H2,1-4H3,(H,37,43)(H,41,42);11-22,32H,6-10,23-24H2,1-5H3,(H,36,38);/t33?,46-,47-,50-;;32-;/m0.0./s1. The number of fused-ring (bicyclic) bond motifs is 2. The Labute approximate surface area is 883 Å². The molecule has 0 aliphatic carbocycles. The fourth-order valence-electron chi connectivity index (χ4n) is 17.5. The van der Waals surface area contributed by atoms with Gasteiger partial charge in [0.2, 0.25) is 11.9 Å². The number of nitrogens with one attached hydrogen (secondary N) is 3. The first-order valence-corrected chi connectivity index (χ1v) is 50.8. The molecule has 28 heteroatoms. The monoisotopic (exact) mass is 2060 g/mol. The van der Waals surface area contributed by atoms with Crippen LogP contribution < -0.4 is 39.8 Å². The average Bonchev–Trinajstić information content (AvgIpc) is 1.27. The number of carboxylic acid groups (broad SMARTS) is 1. The summed E-state index contributed by atoms with van der Waals surface area (Å²) in [7, 11) is 1.84. The molecule has 2 aliphatic rings. The van der Waals surface area contributed by atoms with Crippen molar-refractivity contribution in [2.24, 2.45) is 5.92 Å². The normalized spacial score (nSPS) is 13.9. The number of carbonyl (C=O) groups is 7. The summed E-state index contributed by atoms with van der Waals surface area (Å²) in [4.78, 5) is 114. The zero-order chi connectivity index (χ0) is 107. The number of Topliss-reactive ketones (excluding diaryl/α,β-unsaturated/α-hetero) is 2. The van der Waals surface area contributed by atoms with E-state index in [1.807, 2.05) is 105 Å². The number of rotatable bonds is 37. The molecule has 774 valence electrons. The van der Waals surface area contributed by atoms with Gasteiger partial charge in [-0.05, 0) is 293 Å². The second kappa shape index (κ2) is 52.7. The highest BCUT2D eigenvalue weighted by Crippen LogP contribution is 2.45. The summed E-state index contributed by atoms with van der Waals surface area (Å²) in [6, 6.07) is 89.6. The van der Waals surface area contributed by atoms with E-state index in [1.54, 1.807) is 135 Å². The second-order valence-electron chi connectivity index (χ2n) is 39.2. The summed E-state index contributed by atoms with van der Waals surface area (Å²) >= 11 is 12.3. The highest BCUT2D eigenvalue weighted by Gasteiger charge is 2.40. The first kappa shape index (κ1) is 111. The Bertz CT molecular complexity index is 7040. The number of hydrogen-bond acceptors (Lipinski definition) is 21. The van der Waals surface area contributed by atoms with Crippen LogP contribution in [-0.2, 0) is 73.0 Å². The number of anilines is 2. The predicted molar refractivity (Wildman–Crippen MR) is 576 cm³/mol. The van der Waals surface area contributed by atoms with Crippen LogP contribution in [0.5, 0.6) is 23.0 Å². The molecule has 2 aliphatic heterocycles. The molecule has 0 saturated carbocycles. The van der Waals surface area contributed by atoms with Gasteiger partial charge >= 0.3 is 24.2 Å². The van der Waals surface area contributed by atoms with Crippen LogP contribution >= 0.6 is 23.2 Å². The SMILES string of the molecule is CCCCCCCOc1ccc(C(=O)Oc2ccc(C[C@H](NC(=O)c3ccc(C(C)(C)C)cc3)C(C)=O)cc2)cc1.CC[C@@H](c1ccccc1)N1Cc2cc3c(cc2C[C@H]1C(C)NCCc1ccc(-c2ccc(C#N)cc2)cc1)N(C)C(=O)[C@H](c1ccc(OCc2ccc(Cl)c(Cl)c2)cc1)O3.Cc1ccc(-c2ccc(C(=O)CC(Cc3ccc(-c4noc(-c5ccc(NC(=O)OC(C)(C)C)cc5)n4)c(F)c3)C(=O)O)o2)cc1.O=C=O. The molecule has 3 amide bonds. The first-order valence-electron chi connectivity index (χ1n) is 50.0. The number of nitriles is 1. The molecule has 4 N–H and O–H groups in total. The molecule has 25 nitrogen and oxygen atoms in total. The van der Waals surface area contributed by atoms with E-state index in [0.717, 1.165) is 101 Å². The fraction of sp³-hybridized carbons (Fsp3) is 0.287. The number of halogens is 3. The first-order chi connectivity index (χ1) is 72.0. The molecular weight excluding hydrogens is 1940 g/mol. The third-order valence-corrected chi connectivity index (χ3v) is 26.6. The Morgan fingerprint density at radius 1 is 0.647 bits per heavy atom. The summed E-state index contributed by atoms with van der Waals surface area (Å²) in [6.07, 6.45) is 7.42. The van der Waals surface area contributed by atoms with Gasteiger partial charge in [0, 0.05) is 66.1 Å². The minimum Gasteiger partial charge on any atom is -0.494 e. The number of ketones is 2. The number of unbranched alkanes of at least 4 members (excludes halogenated alkanes) is 4. The Morgan fingerprint density at radius 2 is 1.27 bits per heavy atom. The summed E-state index contributed by atoms with van der Waals surface area (Å²) in [6.45, 7) is 24.5. The number of aliphatic carboxylic acids is 1. The number of carboxylic acids is 1. The number of benzene rings is 12. The molecule has 14 aromatic rings. The van der Waals surface area contributed by atoms with Gasteiger partial charge < -0.3 is 53.3 Å². The molecule has 16 rings (SSSR count). The van der Waals surface area contributed by atoms with Crippen molar-refractivity contribution in [1.29, 1.82) is 5.26 Å². The Hall–Kier alpha value is -15.8.